The van der Waals surface area contributed by atoms with E-state index in [1.165, 1.54) is 70.6 Å². The van der Waals surface area contributed by atoms with Crippen molar-refractivity contribution in [3.8, 4) is 0 Å². The van der Waals surface area contributed by atoms with Crippen LogP contribution in [0.15, 0.2) is 0 Å². The average Bonchev–Trinajstić information content (AvgIpc) is 2.66. The molecule has 5 saturated carbocycles. The van der Waals surface area contributed by atoms with E-state index in [0.717, 1.165) is 60.2 Å². The second-order valence-electron chi connectivity index (χ2n) is 10.4. The molecule has 0 radical (unpaired) electrons. The molecule has 0 saturated heterocycles. The van der Waals surface area contributed by atoms with Crippen LogP contribution in [0, 0.1) is 53.3 Å². The number of carboxylic acids is 1. The Morgan fingerprint density at radius 1 is 0.560 bits per heavy atom. The van der Waals surface area contributed by atoms with Crippen LogP contribution in [0.4, 0.5) is 0 Å². The van der Waals surface area contributed by atoms with Gasteiger partial charge in [-0.25, -0.2) is 0 Å². The Labute approximate surface area is 153 Å². The molecule has 0 amide bonds. The van der Waals surface area contributed by atoms with Gasteiger partial charge in [0.1, 0.15) is 0 Å². The van der Waals surface area contributed by atoms with Crippen molar-refractivity contribution < 1.29 is 9.90 Å². The first kappa shape index (κ1) is 16.6. The topological polar surface area (TPSA) is 37.3 Å². The minimum atomic E-state index is -0.517. The molecule has 1 N–H and O–H groups in total. The Morgan fingerprint density at radius 2 is 1.08 bits per heavy atom. The summed E-state index contributed by atoms with van der Waals surface area (Å²) in [7, 11) is 0. The zero-order valence-corrected chi connectivity index (χ0v) is 15.7. The number of hydrogen-bond acceptors (Lipinski definition) is 1. The van der Waals surface area contributed by atoms with E-state index < -0.39 is 5.97 Å². The van der Waals surface area contributed by atoms with Gasteiger partial charge in [0.15, 0.2) is 0 Å². The third-order valence-electron chi connectivity index (χ3n) is 9.69. The summed E-state index contributed by atoms with van der Waals surface area (Å²) in [4.78, 5) is 11.6. The number of aliphatic carboxylic acids is 1. The molecule has 2 nitrogen and oxygen atoms in total. The van der Waals surface area contributed by atoms with Crippen LogP contribution < -0.4 is 0 Å². The second kappa shape index (κ2) is 6.57. The van der Waals surface area contributed by atoms with Crippen molar-refractivity contribution in [2.75, 3.05) is 0 Å². The molecular weight excluding hydrogens is 308 g/mol. The van der Waals surface area contributed by atoms with Gasteiger partial charge >= 0.3 is 5.97 Å². The molecule has 5 aliphatic carbocycles. The third-order valence-corrected chi connectivity index (χ3v) is 9.69. The first-order chi connectivity index (χ1) is 12.2. The predicted octanol–water partition coefficient (Wildman–Crippen LogP) is 5.76. The molecule has 2 heteroatoms. The van der Waals surface area contributed by atoms with E-state index in [4.69, 9.17) is 0 Å². The predicted molar refractivity (Wildman–Crippen MR) is 99.1 cm³/mol. The summed E-state index contributed by atoms with van der Waals surface area (Å²) in [5.74, 6) is 7.05. The summed E-state index contributed by atoms with van der Waals surface area (Å²) < 4.78 is 0. The van der Waals surface area contributed by atoms with Crippen molar-refractivity contribution in [1.29, 1.82) is 0 Å². The van der Waals surface area contributed by atoms with Crippen molar-refractivity contribution in [3.63, 3.8) is 0 Å². The highest BCUT2D eigenvalue weighted by Crippen LogP contribution is 2.60. The van der Waals surface area contributed by atoms with E-state index >= 15 is 0 Å². The molecular formula is C23H36O2. The van der Waals surface area contributed by atoms with Gasteiger partial charge in [0, 0.05) is 0 Å². The second-order valence-corrected chi connectivity index (χ2v) is 10.4. The fraction of sp³-hybridized carbons (Fsp3) is 0.957. The summed E-state index contributed by atoms with van der Waals surface area (Å²) >= 11 is 0. The monoisotopic (exact) mass is 344 g/mol. The van der Waals surface area contributed by atoms with E-state index in [0.29, 0.717) is 0 Å². The van der Waals surface area contributed by atoms with Crippen LogP contribution in [0.1, 0.15) is 83.5 Å². The normalized spacial score (nSPS) is 52.2. The van der Waals surface area contributed by atoms with E-state index in [-0.39, 0.29) is 5.92 Å². The highest BCUT2D eigenvalue weighted by Gasteiger charge is 2.52. The maximum Gasteiger partial charge on any atom is 0.306 e. The number of fused-ring (bicyclic) bond motifs is 7. The van der Waals surface area contributed by atoms with Gasteiger partial charge < -0.3 is 5.11 Å². The summed E-state index contributed by atoms with van der Waals surface area (Å²) in [6.07, 6.45) is 18.0. The van der Waals surface area contributed by atoms with Crippen LogP contribution in [0.25, 0.3) is 0 Å². The van der Waals surface area contributed by atoms with Gasteiger partial charge in [0.25, 0.3) is 0 Å². The lowest BCUT2D eigenvalue weighted by Crippen LogP contribution is -2.50. The molecule has 5 rings (SSSR count). The summed E-state index contributed by atoms with van der Waals surface area (Å²) in [5, 5.41) is 9.54. The van der Waals surface area contributed by atoms with Gasteiger partial charge in [-0.2, -0.15) is 0 Å². The minimum absolute atomic E-state index is 0.0354. The molecule has 25 heavy (non-hydrogen) atoms. The molecule has 0 heterocycles. The Bertz CT molecular complexity index is 514. The van der Waals surface area contributed by atoms with Crippen molar-refractivity contribution in [2.45, 2.75) is 83.5 Å². The van der Waals surface area contributed by atoms with Crippen LogP contribution in [0.3, 0.4) is 0 Å². The summed E-state index contributed by atoms with van der Waals surface area (Å²) in [5.41, 5.74) is 0. The lowest BCUT2D eigenvalue weighted by Gasteiger charge is -2.58. The first-order valence-electron chi connectivity index (χ1n) is 11.4. The molecule has 0 aliphatic heterocycles. The van der Waals surface area contributed by atoms with Crippen LogP contribution in [-0.4, -0.2) is 11.1 Å². The van der Waals surface area contributed by atoms with Crippen LogP contribution in [0.2, 0.25) is 0 Å². The number of carbonyl (C=O) groups is 1. The van der Waals surface area contributed by atoms with E-state index in [9.17, 15) is 9.90 Å². The fourth-order valence-corrected chi connectivity index (χ4v) is 8.71. The molecule has 0 aromatic rings. The Morgan fingerprint density at radius 3 is 1.80 bits per heavy atom. The highest BCUT2D eigenvalue weighted by atomic mass is 16.4. The molecule has 9 unspecified atom stereocenters. The Kier molecular flexibility index (Phi) is 4.37. The van der Waals surface area contributed by atoms with Gasteiger partial charge in [-0.3, -0.25) is 4.79 Å². The van der Waals surface area contributed by atoms with Crippen LogP contribution >= 0.6 is 0 Å². The van der Waals surface area contributed by atoms with Gasteiger partial charge in [-0.1, -0.05) is 19.3 Å². The minimum Gasteiger partial charge on any atom is -0.481 e. The molecule has 0 bridgehead atoms. The molecule has 5 fully saturated rings. The first-order valence-corrected chi connectivity index (χ1v) is 11.4. The number of rotatable bonds is 1. The Hall–Kier alpha value is -0.530. The van der Waals surface area contributed by atoms with E-state index in [2.05, 4.69) is 0 Å². The summed E-state index contributed by atoms with van der Waals surface area (Å²) in [6, 6.07) is 0. The van der Waals surface area contributed by atoms with E-state index in [1.807, 2.05) is 0 Å². The number of hydrogen-bond donors (Lipinski definition) is 1. The molecule has 9 atom stereocenters. The van der Waals surface area contributed by atoms with Gasteiger partial charge in [0.2, 0.25) is 0 Å². The van der Waals surface area contributed by atoms with E-state index in [1.54, 1.807) is 0 Å². The third kappa shape index (κ3) is 2.77. The van der Waals surface area contributed by atoms with Gasteiger partial charge in [0.05, 0.1) is 5.92 Å². The average molecular weight is 345 g/mol. The summed E-state index contributed by atoms with van der Waals surface area (Å²) in [6.45, 7) is 0. The maximum atomic E-state index is 11.6. The highest BCUT2D eigenvalue weighted by molar-refractivity contribution is 5.70. The molecule has 0 aromatic carbocycles. The van der Waals surface area contributed by atoms with Crippen molar-refractivity contribution in [1.82, 2.24) is 0 Å². The smallest absolute Gasteiger partial charge is 0.306 e. The number of carboxylic acid groups (broad SMARTS) is 1. The molecule has 140 valence electrons. The quantitative estimate of drug-likeness (QED) is 0.657. The molecule has 0 aromatic heterocycles. The molecule has 5 aliphatic rings. The molecule has 0 spiro atoms. The largest absolute Gasteiger partial charge is 0.481 e. The lowest BCUT2D eigenvalue weighted by molar-refractivity contribution is -0.146. The SMILES string of the molecule is O=C(O)C1CCC2CCC3C(CCC4C5CCCCC5CCC43)C2C1. The Balaban J connectivity index is 1.34. The fourth-order valence-electron chi connectivity index (χ4n) is 8.71. The zero-order chi connectivity index (χ0) is 17.0. The standard InChI is InChI=1S/C23H36O2/c24-23(25)16-6-5-15-8-10-20-19-9-7-14-3-1-2-4-17(14)18(19)11-12-21(20)22(15)13-16/h14-22H,1-13H2,(H,24,25). The lowest BCUT2D eigenvalue weighted by atomic mass is 9.47. The van der Waals surface area contributed by atoms with Crippen LogP contribution in [0.5, 0.6) is 0 Å². The van der Waals surface area contributed by atoms with Crippen LogP contribution in [-0.2, 0) is 4.79 Å². The van der Waals surface area contributed by atoms with Crippen molar-refractivity contribution >= 4 is 5.97 Å². The van der Waals surface area contributed by atoms with Crippen molar-refractivity contribution in [2.24, 2.45) is 53.3 Å². The zero-order valence-electron chi connectivity index (χ0n) is 15.7. The van der Waals surface area contributed by atoms with Crippen molar-refractivity contribution in [3.05, 3.63) is 0 Å². The maximum absolute atomic E-state index is 11.6. The van der Waals surface area contributed by atoms with Gasteiger partial charge in [-0.05, 0) is 112 Å². The van der Waals surface area contributed by atoms with Gasteiger partial charge in [-0.15, -0.1) is 0 Å².